The van der Waals surface area contributed by atoms with Crippen LogP contribution in [-0.2, 0) is 11.8 Å². The highest BCUT2D eigenvalue weighted by molar-refractivity contribution is 6.06. The number of carbonyl (C=O) groups excluding carboxylic acids is 2. The van der Waals surface area contributed by atoms with Crippen molar-refractivity contribution in [1.29, 1.82) is 0 Å². The Hall–Kier alpha value is -4.34. The number of halogens is 2. The number of aromatic nitrogens is 2. The van der Waals surface area contributed by atoms with Gasteiger partial charge in [0.05, 0.1) is 22.9 Å². The molecule has 0 spiro atoms. The minimum Gasteiger partial charge on any atom is -0.327 e. The molecule has 0 bridgehead atoms. The molecule has 0 saturated heterocycles. The summed E-state index contributed by atoms with van der Waals surface area (Å²) in [6.07, 6.45) is 2.78. The summed E-state index contributed by atoms with van der Waals surface area (Å²) in [6, 6.07) is 9.43. The Kier molecular flexibility index (Phi) is 5.74. The summed E-state index contributed by atoms with van der Waals surface area (Å²) in [4.78, 5) is 38.8. The molecular weight excluding hydrogens is 432 g/mol. The number of nitrogens with zero attached hydrogens (tertiary/aromatic N) is 3. The summed E-state index contributed by atoms with van der Waals surface area (Å²) in [5.74, 6) is -1.84. The Labute approximate surface area is 187 Å². The number of benzene rings is 2. The van der Waals surface area contributed by atoms with E-state index in [-0.39, 0.29) is 22.4 Å². The lowest BCUT2D eigenvalue weighted by Crippen LogP contribution is -2.44. The van der Waals surface area contributed by atoms with Gasteiger partial charge in [0.25, 0.3) is 11.5 Å². The largest absolute Gasteiger partial charge is 0.327 e. The van der Waals surface area contributed by atoms with E-state index >= 15 is 0 Å². The summed E-state index contributed by atoms with van der Waals surface area (Å²) in [6.45, 7) is 0. The molecule has 4 rings (SSSR count). The zero-order valence-corrected chi connectivity index (χ0v) is 17.7. The predicted octanol–water partition coefficient (Wildman–Crippen LogP) is 2.94. The molecule has 0 fully saturated rings. The van der Waals surface area contributed by atoms with Gasteiger partial charge in [-0.3, -0.25) is 9.59 Å². The van der Waals surface area contributed by atoms with E-state index in [4.69, 9.17) is 0 Å². The average Bonchev–Trinajstić information content (AvgIpc) is 2.79. The van der Waals surface area contributed by atoms with Crippen molar-refractivity contribution in [2.45, 2.75) is 6.04 Å². The molecule has 1 aromatic heterocycles. The Bertz CT molecular complexity index is 1330. The van der Waals surface area contributed by atoms with Crippen LogP contribution in [0.5, 0.6) is 0 Å². The summed E-state index contributed by atoms with van der Waals surface area (Å²) in [5, 5.41) is 9.05. The van der Waals surface area contributed by atoms with Gasteiger partial charge in [-0.25, -0.2) is 18.3 Å². The summed E-state index contributed by atoms with van der Waals surface area (Å²) in [5.41, 5.74) is 0.762. The molecule has 2 aromatic carbocycles. The topological polar surface area (TPSA) is 96.3 Å². The molecule has 0 aliphatic carbocycles. The molecular formula is C23H19F2N5O3. The van der Waals surface area contributed by atoms with Crippen molar-refractivity contribution in [3.05, 3.63) is 94.1 Å². The van der Waals surface area contributed by atoms with E-state index in [0.29, 0.717) is 11.1 Å². The first-order chi connectivity index (χ1) is 15.7. The van der Waals surface area contributed by atoms with Crippen molar-refractivity contribution < 1.29 is 18.4 Å². The van der Waals surface area contributed by atoms with Gasteiger partial charge in [-0.2, -0.15) is 5.10 Å². The van der Waals surface area contributed by atoms with Gasteiger partial charge in [0, 0.05) is 26.5 Å². The number of rotatable bonds is 4. The summed E-state index contributed by atoms with van der Waals surface area (Å²) in [7, 11) is 2.96. The molecule has 1 aliphatic rings. The maximum Gasteiger partial charge on any atom is 0.321 e. The monoisotopic (exact) mass is 451 g/mol. The van der Waals surface area contributed by atoms with Gasteiger partial charge in [0.1, 0.15) is 11.6 Å². The smallest absolute Gasteiger partial charge is 0.321 e. The lowest BCUT2D eigenvalue weighted by Gasteiger charge is -2.30. The first-order valence-electron chi connectivity index (χ1n) is 9.88. The summed E-state index contributed by atoms with van der Waals surface area (Å²) < 4.78 is 29.0. The fourth-order valence-corrected chi connectivity index (χ4v) is 3.46. The second-order valence-electron chi connectivity index (χ2n) is 7.45. The third-order valence-electron chi connectivity index (χ3n) is 5.23. The van der Waals surface area contributed by atoms with Gasteiger partial charge in [0.15, 0.2) is 0 Å². The Morgan fingerprint density at radius 3 is 2.52 bits per heavy atom. The van der Waals surface area contributed by atoms with Crippen molar-refractivity contribution in [3.63, 3.8) is 0 Å². The fraction of sp³-hybridized carbons (Fsp3) is 0.130. The molecule has 1 unspecified atom stereocenters. The molecule has 0 saturated carbocycles. The van der Waals surface area contributed by atoms with Crippen LogP contribution in [0.4, 0.5) is 19.3 Å². The van der Waals surface area contributed by atoms with Crippen LogP contribution in [0.1, 0.15) is 11.6 Å². The Morgan fingerprint density at radius 1 is 1.06 bits per heavy atom. The van der Waals surface area contributed by atoms with Crippen molar-refractivity contribution >= 4 is 17.6 Å². The minimum absolute atomic E-state index is 0.119. The number of nitrogens with one attached hydrogen (secondary N) is 2. The predicted molar refractivity (Wildman–Crippen MR) is 117 cm³/mol. The second-order valence-corrected chi connectivity index (χ2v) is 7.45. The van der Waals surface area contributed by atoms with Crippen LogP contribution in [0, 0.1) is 11.6 Å². The molecule has 8 nitrogen and oxygen atoms in total. The average molecular weight is 451 g/mol. The zero-order valence-electron chi connectivity index (χ0n) is 17.7. The van der Waals surface area contributed by atoms with Gasteiger partial charge in [-0.1, -0.05) is 18.2 Å². The van der Waals surface area contributed by atoms with Crippen molar-refractivity contribution in [2.75, 3.05) is 12.4 Å². The molecule has 10 heteroatoms. The quantitative estimate of drug-likeness (QED) is 0.638. The van der Waals surface area contributed by atoms with Crippen LogP contribution in [0.25, 0.3) is 11.1 Å². The lowest BCUT2D eigenvalue weighted by molar-refractivity contribution is -0.113. The normalized spacial score (nSPS) is 15.6. The number of aryl methyl sites for hydroxylation is 1. The number of hydrogen-bond acceptors (Lipinski definition) is 4. The van der Waals surface area contributed by atoms with Crippen LogP contribution < -0.4 is 16.2 Å². The molecule has 2 heterocycles. The van der Waals surface area contributed by atoms with Gasteiger partial charge in [-0.15, -0.1) is 0 Å². The van der Waals surface area contributed by atoms with E-state index in [0.717, 1.165) is 10.7 Å². The minimum atomic E-state index is -0.868. The number of carbonyl (C=O) groups is 2. The van der Waals surface area contributed by atoms with E-state index in [1.807, 2.05) is 0 Å². The Balaban J connectivity index is 1.68. The Morgan fingerprint density at radius 2 is 1.79 bits per heavy atom. The van der Waals surface area contributed by atoms with Gasteiger partial charge < -0.3 is 15.5 Å². The molecule has 0 radical (unpaired) electrons. The number of hydrogen-bond donors (Lipinski definition) is 2. The molecule has 1 atom stereocenters. The van der Waals surface area contributed by atoms with Gasteiger partial charge in [0.2, 0.25) is 0 Å². The highest BCUT2D eigenvalue weighted by atomic mass is 19.1. The third-order valence-corrected chi connectivity index (χ3v) is 5.23. The van der Waals surface area contributed by atoms with Crippen LogP contribution in [0.3, 0.4) is 0 Å². The van der Waals surface area contributed by atoms with Gasteiger partial charge >= 0.3 is 6.03 Å². The highest BCUT2D eigenvalue weighted by Gasteiger charge is 2.31. The first kappa shape index (κ1) is 21.9. The number of amides is 3. The van der Waals surface area contributed by atoms with Crippen LogP contribution in [-0.4, -0.2) is 33.7 Å². The lowest BCUT2D eigenvalue weighted by atomic mass is 9.97. The van der Waals surface area contributed by atoms with Gasteiger partial charge in [-0.05, 0) is 41.5 Å². The van der Waals surface area contributed by atoms with Crippen molar-refractivity contribution in [1.82, 2.24) is 20.0 Å². The van der Waals surface area contributed by atoms with E-state index in [2.05, 4.69) is 15.7 Å². The standard InChI is InChI=1S/C23H19F2N5O3/c1-29-12-17(20(28-23(29)33)13-3-6-15(24)7-4-13)21(31)27-19-11-14(5-8-18(19)25)16-9-10-26-30(2)22(16)32/h3-12,20H,1-2H3,(H,27,31)(H,28,33). The molecule has 3 aromatic rings. The van der Waals surface area contributed by atoms with E-state index in [1.54, 1.807) is 0 Å². The fourth-order valence-electron chi connectivity index (χ4n) is 3.46. The maximum absolute atomic E-state index is 14.5. The van der Waals surface area contributed by atoms with Crippen molar-refractivity contribution in [3.8, 4) is 11.1 Å². The van der Waals surface area contributed by atoms with Crippen LogP contribution >= 0.6 is 0 Å². The third kappa shape index (κ3) is 4.36. The molecule has 3 amide bonds. The second kappa shape index (κ2) is 8.65. The van der Waals surface area contributed by atoms with Crippen LogP contribution in [0.15, 0.2) is 71.3 Å². The van der Waals surface area contributed by atoms with Crippen LogP contribution in [0.2, 0.25) is 0 Å². The van der Waals surface area contributed by atoms with E-state index in [1.165, 1.54) is 73.9 Å². The molecule has 1 aliphatic heterocycles. The maximum atomic E-state index is 14.5. The van der Waals surface area contributed by atoms with E-state index < -0.39 is 29.6 Å². The number of urea groups is 1. The molecule has 33 heavy (non-hydrogen) atoms. The molecule has 2 N–H and O–H groups in total. The number of anilines is 1. The first-order valence-corrected chi connectivity index (χ1v) is 9.88. The highest BCUT2D eigenvalue weighted by Crippen LogP contribution is 2.28. The molecule has 168 valence electrons. The SMILES string of the molecule is CN1C=C(C(=O)Nc2cc(-c3ccnn(C)c3=O)ccc2F)C(c2ccc(F)cc2)NC1=O. The van der Waals surface area contributed by atoms with E-state index in [9.17, 15) is 23.2 Å². The zero-order chi connectivity index (χ0) is 23.7. The summed E-state index contributed by atoms with van der Waals surface area (Å²) >= 11 is 0. The van der Waals surface area contributed by atoms with Crippen molar-refractivity contribution in [2.24, 2.45) is 7.05 Å².